The minimum absolute atomic E-state index is 0.0312. The largest absolute Gasteiger partial charge is 0.481 e. The Morgan fingerprint density at radius 1 is 1.00 bits per heavy atom. The number of ether oxygens (including phenoxy) is 2. The first kappa shape index (κ1) is 28.2. The van der Waals surface area contributed by atoms with Crippen LogP contribution in [0.4, 0.5) is 5.69 Å². The molecule has 38 heavy (non-hydrogen) atoms. The second-order valence-electron chi connectivity index (χ2n) is 9.44. The zero-order valence-electron chi connectivity index (χ0n) is 21.5. The van der Waals surface area contributed by atoms with Crippen LogP contribution in [0.2, 0.25) is 0 Å². The van der Waals surface area contributed by atoms with Crippen molar-refractivity contribution in [2.45, 2.75) is 51.6 Å². The maximum Gasteiger partial charge on any atom is 0.305 e. The molecule has 3 amide bonds. The van der Waals surface area contributed by atoms with Crippen molar-refractivity contribution in [1.29, 1.82) is 0 Å². The van der Waals surface area contributed by atoms with E-state index in [9.17, 15) is 24.3 Å². The van der Waals surface area contributed by atoms with Gasteiger partial charge in [-0.15, -0.1) is 6.58 Å². The van der Waals surface area contributed by atoms with Crippen LogP contribution >= 0.6 is 0 Å². The molecule has 2 aromatic rings. The van der Waals surface area contributed by atoms with Gasteiger partial charge < -0.3 is 30.5 Å². The summed E-state index contributed by atoms with van der Waals surface area (Å²) < 4.78 is 10.7. The van der Waals surface area contributed by atoms with E-state index < -0.39 is 24.0 Å². The molecule has 0 radical (unpaired) electrons. The molecule has 0 fully saturated rings. The number of rotatable bonds is 13. The fourth-order valence-electron chi connectivity index (χ4n) is 4.01. The number of hydrogen-bond acceptors (Lipinski definition) is 6. The molecule has 0 aromatic heterocycles. The fraction of sp³-hybridized carbons (Fsp3) is 0.357. The molecule has 1 aliphatic heterocycles. The second-order valence-corrected chi connectivity index (χ2v) is 9.44. The van der Waals surface area contributed by atoms with Crippen molar-refractivity contribution < 1.29 is 33.8 Å². The van der Waals surface area contributed by atoms with Gasteiger partial charge >= 0.3 is 5.97 Å². The average molecular weight is 524 g/mol. The van der Waals surface area contributed by atoms with Gasteiger partial charge in [0.15, 0.2) is 11.5 Å². The van der Waals surface area contributed by atoms with E-state index in [-0.39, 0.29) is 43.8 Å². The lowest BCUT2D eigenvalue weighted by Gasteiger charge is -2.24. The number of aliphatic carboxylic acids is 1. The summed E-state index contributed by atoms with van der Waals surface area (Å²) in [6, 6.07) is 10.2. The van der Waals surface area contributed by atoms with E-state index in [0.29, 0.717) is 34.7 Å². The number of hydrogen-bond donors (Lipinski definition) is 4. The predicted octanol–water partition coefficient (Wildman–Crippen LogP) is 3.34. The van der Waals surface area contributed by atoms with Gasteiger partial charge in [-0.2, -0.15) is 0 Å². The van der Waals surface area contributed by atoms with Crippen molar-refractivity contribution in [2.75, 3.05) is 12.1 Å². The smallest absolute Gasteiger partial charge is 0.305 e. The molecule has 202 valence electrons. The normalized spacial score (nSPS) is 13.3. The summed E-state index contributed by atoms with van der Waals surface area (Å²) in [4.78, 5) is 49.3. The maximum absolute atomic E-state index is 13.2. The third-order valence-corrected chi connectivity index (χ3v) is 5.79. The Bertz CT molecular complexity index is 1180. The summed E-state index contributed by atoms with van der Waals surface area (Å²) in [6.07, 6.45) is 1.77. The first-order valence-corrected chi connectivity index (χ1v) is 12.3. The van der Waals surface area contributed by atoms with E-state index in [1.165, 1.54) is 6.08 Å². The summed E-state index contributed by atoms with van der Waals surface area (Å²) in [5, 5.41) is 17.7. The number of nitrogens with one attached hydrogen (secondary N) is 3. The lowest BCUT2D eigenvalue weighted by Crippen LogP contribution is -2.49. The fourth-order valence-corrected chi connectivity index (χ4v) is 4.01. The number of carboxylic acids is 1. The van der Waals surface area contributed by atoms with Gasteiger partial charge in [0, 0.05) is 12.1 Å². The maximum atomic E-state index is 13.2. The molecular weight excluding hydrogens is 490 g/mol. The standard InChI is InChI=1S/C28H33N3O7/c1-4-5-25(32)29-20-9-6-18(7-10-20)13-26(33)30-22(12-17(2)3)28(36)31-21(15-27(34)35)19-8-11-23-24(14-19)38-16-37-23/h4,6-11,14,17,21-22H,1,5,12-13,15-16H2,2-3H3,(H,29,32)(H,30,33)(H,31,36)(H,34,35)/t21-,22-/m0/s1. The van der Waals surface area contributed by atoms with E-state index in [0.717, 1.165) is 0 Å². The van der Waals surface area contributed by atoms with Gasteiger partial charge in [0.05, 0.1) is 18.9 Å². The molecule has 10 heteroatoms. The number of anilines is 1. The Kier molecular flexibility index (Phi) is 9.86. The third kappa shape index (κ3) is 8.36. The minimum Gasteiger partial charge on any atom is -0.481 e. The number of carbonyl (C=O) groups excluding carboxylic acids is 3. The molecule has 0 saturated heterocycles. The van der Waals surface area contributed by atoms with Gasteiger partial charge in [-0.3, -0.25) is 19.2 Å². The lowest BCUT2D eigenvalue weighted by atomic mass is 9.99. The number of amides is 3. The van der Waals surface area contributed by atoms with Crippen molar-refractivity contribution >= 4 is 29.4 Å². The molecular formula is C28H33N3O7. The summed E-state index contributed by atoms with van der Waals surface area (Å²) in [5.74, 6) is -0.982. The van der Waals surface area contributed by atoms with Crippen LogP contribution in [0.15, 0.2) is 55.1 Å². The van der Waals surface area contributed by atoms with Crippen LogP contribution in [0.1, 0.15) is 50.3 Å². The molecule has 10 nitrogen and oxygen atoms in total. The highest BCUT2D eigenvalue weighted by atomic mass is 16.7. The molecule has 0 bridgehead atoms. The van der Waals surface area contributed by atoms with E-state index >= 15 is 0 Å². The van der Waals surface area contributed by atoms with Gasteiger partial charge in [-0.1, -0.05) is 38.1 Å². The van der Waals surface area contributed by atoms with Crippen LogP contribution < -0.4 is 25.4 Å². The van der Waals surface area contributed by atoms with Crippen LogP contribution in [-0.2, 0) is 25.6 Å². The topological polar surface area (TPSA) is 143 Å². The number of fused-ring (bicyclic) bond motifs is 1. The minimum atomic E-state index is -1.08. The predicted molar refractivity (Wildman–Crippen MR) is 141 cm³/mol. The lowest BCUT2D eigenvalue weighted by molar-refractivity contribution is -0.138. The SMILES string of the molecule is C=CCC(=O)Nc1ccc(CC(=O)N[C@@H](CC(C)C)C(=O)N[C@@H](CC(=O)O)c2ccc3c(c2)OCO3)cc1. The molecule has 4 N–H and O–H groups in total. The van der Waals surface area contributed by atoms with E-state index in [1.807, 2.05) is 13.8 Å². The molecule has 2 atom stereocenters. The highest BCUT2D eigenvalue weighted by molar-refractivity contribution is 5.92. The summed E-state index contributed by atoms with van der Waals surface area (Å²) in [6.45, 7) is 7.46. The molecule has 0 saturated carbocycles. The molecule has 2 aromatic carbocycles. The summed E-state index contributed by atoms with van der Waals surface area (Å²) in [5.41, 5.74) is 1.86. The Labute approximate surface area is 221 Å². The van der Waals surface area contributed by atoms with Crippen LogP contribution in [-0.4, -0.2) is 41.6 Å². The van der Waals surface area contributed by atoms with Crippen LogP contribution in [0.25, 0.3) is 0 Å². The average Bonchev–Trinajstić information content (AvgIpc) is 3.32. The van der Waals surface area contributed by atoms with Crippen molar-refractivity contribution in [1.82, 2.24) is 10.6 Å². The van der Waals surface area contributed by atoms with Crippen molar-refractivity contribution in [2.24, 2.45) is 5.92 Å². The molecule has 0 spiro atoms. The van der Waals surface area contributed by atoms with E-state index in [4.69, 9.17) is 9.47 Å². The highest BCUT2D eigenvalue weighted by Crippen LogP contribution is 2.35. The van der Waals surface area contributed by atoms with Crippen LogP contribution in [0.3, 0.4) is 0 Å². The summed E-state index contributed by atoms with van der Waals surface area (Å²) in [7, 11) is 0. The Morgan fingerprint density at radius 2 is 1.71 bits per heavy atom. The van der Waals surface area contributed by atoms with Gasteiger partial charge in [-0.25, -0.2) is 0 Å². The molecule has 0 aliphatic carbocycles. The van der Waals surface area contributed by atoms with Crippen LogP contribution in [0, 0.1) is 5.92 Å². The van der Waals surface area contributed by atoms with E-state index in [1.54, 1.807) is 42.5 Å². The number of carboxylic acid groups (broad SMARTS) is 1. The van der Waals surface area contributed by atoms with E-state index in [2.05, 4.69) is 22.5 Å². The third-order valence-electron chi connectivity index (χ3n) is 5.79. The summed E-state index contributed by atoms with van der Waals surface area (Å²) >= 11 is 0. The van der Waals surface area contributed by atoms with Crippen LogP contribution in [0.5, 0.6) is 11.5 Å². The number of benzene rings is 2. The van der Waals surface area contributed by atoms with Crippen molar-refractivity contribution in [3.8, 4) is 11.5 Å². The van der Waals surface area contributed by atoms with Gasteiger partial charge in [-0.05, 0) is 47.7 Å². The van der Waals surface area contributed by atoms with Gasteiger partial charge in [0.25, 0.3) is 0 Å². The second kappa shape index (κ2) is 13.3. The van der Waals surface area contributed by atoms with Crippen molar-refractivity contribution in [3.05, 3.63) is 66.2 Å². The zero-order valence-corrected chi connectivity index (χ0v) is 21.5. The molecule has 1 aliphatic rings. The highest BCUT2D eigenvalue weighted by Gasteiger charge is 2.27. The number of carbonyl (C=O) groups is 4. The first-order chi connectivity index (χ1) is 18.1. The van der Waals surface area contributed by atoms with Crippen molar-refractivity contribution in [3.63, 3.8) is 0 Å². The molecule has 0 unspecified atom stereocenters. The monoisotopic (exact) mass is 523 g/mol. The Hall–Kier alpha value is -4.34. The molecule has 1 heterocycles. The zero-order chi connectivity index (χ0) is 27.7. The Balaban J connectivity index is 1.66. The van der Waals surface area contributed by atoms with Gasteiger partial charge in [0.2, 0.25) is 24.5 Å². The quantitative estimate of drug-likeness (QED) is 0.295. The Morgan fingerprint density at radius 3 is 2.37 bits per heavy atom. The molecule has 3 rings (SSSR count). The van der Waals surface area contributed by atoms with Gasteiger partial charge in [0.1, 0.15) is 6.04 Å². The first-order valence-electron chi connectivity index (χ1n) is 12.3.